The van der Waals surface area contributed by atoms with Crippen molar-refractivity contribution in [1.82, 2.24) is 14.8 Å². The van der Waals surface area contributed by atoms with Gasteiger partial charge in [-0.15, -0.1) is 0 Å². The fourth-order valence-corrected chi connectivity index (χ4v) is 4.39. The van der Waals surface area contributed by atoms with Crippen LogP contribution >= 0.6 is 0 Å². The Hall–Kier alpha value is -1.46. The molecule has 1 amide bonds. The molecule has 1 aromatic heterocycles. The number of ether oxygens (including phenoxy) is 1. The van der Waals surface area contributed by atoms with Gasteiger partial charge in [-0.25, -0.2) is 0 Å². The van der Waals surface area contributed by atoms with Crippen LogP contribution in [0.4, 0.5) is 0 Å². The van der Waals surface area contributed by atoms with Gasteiger partial charge < -0.3 is 9.64 Å². The summed E-state index contributed by atoms with van der Waals surface area (Å²) in [6.45, 7) is 4.63. The lowest BCUT2D eigenvalue weighted by molar-refractivity contribution is -0.137. The lowest BCUT2D eigenvalue weighted by Crippen LogP contribution is -2.50. The molecule has 0 N–H and O–H groups in total. The Morgan fingerprint density at radius 3 is 3.09 bits per heavy atom. The van der Waals surface area contributed by atoms with Gasteiger partial charge in [-0.1, -0.05) is 6.07 Å². The molecule has 0 aliphatic carbocycles. The van der Waals surface area contributed by atoms with E-state index in [0.29, 0.717) is 11.9 Å². The Morgan fingerprint density at radius 2 is 2.30 bits per heavy atom. The van der Waals surface area contributed by atoms with Crippen molar-refractivity contribution in [3.8, 4) is 0 Å². The maximum atomic E-state index is 12.0. The maximum Gasteiger partial charge on any atom is 0.222 e. The number of carbonyl (C=O) groups excluding carboxylic acids is 1. The molecular weight excluding hydrogens is 290 g/mol. The van der Waals surface area contributed by atoms with E-state index in [1.165, 1.54) is 0 Å². The number of rotatable bonds is 3. The normalized spacial score (nSPS) is 32.1. The van der Waals surface area contributed by atoms with Crippen LogP contribution in [0.2, 0.25) is 0 Å². The van der Waals surface area contributed by atoms with Gasteiger partial charge in [0.25, 0.3) is 0 Å². The van der Waals surface area contributed by atoms with Crippen molar-refractivity contribution in [1.29, 1.82) is 0 Å². The summed E-state index contributed by atoms with van der Waals surface area (Å²) in [7, 11) is 0. The predicted octanol–water partition coefficient (Wildman–Crippen LogP) is 1.83. The summed E-state index contributed by atoms with van der Waals surface area (Å²) in [6.07, 6.45) is 6.67. The van der Waals surface area contributed by atoms with Crippen molar-refractivity contribution >= 4 is 5.91 Å². The van der Waals surface area contributed by atoms with Crippen LogP contribution in [0.5, 0.6) is 0 Å². The molecule has 0 radical (unpaired) electrons. The number of amides is 1. The van der Waals surface area contributed by atoms with Crippen LogP contribution in [0.3, 0.4) is 0 Å². The van der Waals surface area contributed by atoms with Crippen LogP contribution in [0.15, 0.2) is 24.4 Å². The standard InChI is InChI=1S/C18H25N3O2/c22-17-5-3-9-21(17)16-6-11-23-18(12-16)7-10-20(14-18)13-15-4-1-2-8-19-15/h1-2,4,8,16H,3,5-7,9-14H2/t16-,18-/m0/s1. The highest BCUT2D eigenvalue weighted by Gasteiger charge is 2.45. The number of hydrogen-bond donors (Lipinski definition) is 0. The van der Waals surface area contributed by atoms with Gasteiger partial charge in [-0.2, -0.15) is 0 Å². The molecular formula is C18H25N3O2. The zero-order valence-electron chi connectivity index (χ0n) is 13.6. The third-order valence-corrected chi connectivity index (χ3v) is 5.52. The molecule has 124 valence electrons. The molecule has 3 aliphatic rings. The minimum atomic E-state index is -0.0550. The highest BCUT2D eigenvalue weighted by Crippen LogP contribution is 2.37. The van der Waals surface area contributed by atoms with Gasteiger partial charge in [0, 0.05) is 51.4 Å². The van der Waals surface area contributed by atoms with Gasteiger partial charge in [-0.05, 0) is 37.8 Å². The van der Waals surface area contributed by atoms with Gasteiger partial charge in [0.2, 0.25) is 5.91 Å². The molecule has 0 aromatic carbocycles. The largest absolute Gasteiger partial charge is 0.373 e. The first-order chi connectivity index (χ1) is 11.2. The summed E-state index contributed by atoms with van der Waals surface area (Å²) in [5.41, 5.74) is 1.06. The Bertz CT molecular complexity index is 565. The van der Waals surface area contributed by atoms with E-state index in [0.717, 1.165) is 70.6 Å². The lowest BCUT2D eigenvalue weighted by atomic mass is 9.89. The van der Waals surface area contributed by atoms with Crippen molar-refractivity contribution in [2.75, 3.05) is 26.2 Å². The molecule has 4 heterocycles. The fourth-order valence-electron chi connectivity index (χ4n) is 4.39. The zero-order valence-corrected chi connectivity index (χ0v) is 13.6. The first-order valence-electron chi connectivity index (χ1n) is 8.80. The Morgan fingerprint density at radius 1 is 1.35 bits per heavy atom. The highest BCUT2D eigenvalue weighted by molar-refractivity contribution is 5.78. The maximum absolute atomic E-state index is 12.0. The summed E-state index contributed by atoms with van der Waals surface area (Å²) >= 11 is 0. The number of nitrogens with zero attached hydrogens (tertiary/aromatic N) is 3. The number of pyridine rings is 1. The molecule has 4 rings (SSSR count). The lowest BCUT2D eigenvalue weighted by Gasteiger charge is -2.41. The zero-order chi connectivity index (χ0) is 15.7. The summed E-state index contributed by atoms with van der Waals surface area (Å²) in [6, 6.07) is 6.46. The molecule has 2 atom stereocenters. The molecule has 0 bridgehead atoms. The monoisotopic (exact) mass is 315 g/mol. The topological polar surface area (TPSA) is 45.7 Å². The number of aromatic nitrogens is 1. The number of likely N-dealkylation sites (tertiary alicyclic amines) is 2. The minimum Gasteiger partial charge on any atom is -0.373 e. The molecule has 23 heavy (non-hydrogen) atoms. The average molecular weight is 315 g/mol. The highest BCUT2D eigenvalue weighted by atomic mass is 16.5. The molecule has 0 saturated carbocycles. The average Bonchev–Trinajstić information content (AvgIpc) is 3.15. The van der Waals surface area contributed by atoms with Crippen LogP contribution in [-0.2, 0) is 16.1 Å². The van der Waals surface area contributed by atoms with Crippen LogP contribution in [0, 0.1) is 0 Å². The third kappa shape index (κ3) is 3.12. The van der Waals surface area contributed by atoms with E-state index in [2.05, 4.69) is 20.9 Å². The molecule has 1 aromatic rings. The van der Waals surface area contributed by atoms with E-state index in [1.54, 1.807) is 0 Å². The van der Waals surface area contributed by atoms with E-state index in [1.807, 2.05) is 18.3 Å². The van der Waals surface area contributed by atoms with Gasteiger partial charge in [0.05, 0.1) is 11.3 Å². The first kappa shape index (κ1) is 15.1. The second-order valence-corrected chi connectivity index (χ2v) is 7.15. The van der Waals surface area contributed by atoms with Crippen molar-refractivity contribution in [3.05, 3.63) is 30.1 Å². The fraction of sp³-hybridized carbons (Fsp3) is 0.667. The Kier molecular flexibility index (Phi) is 4.07. The van der Waals surface area contributed by atoms with Gasteiger partial charge in [0.15, 0.2) is 0 Å². The van der Waals surface area contributed by atoms with Crippen molar-refractivity contribution in [2.24, 2.45) is 0 Å². The van der Waals surface area contributed by atoms with Gasteiger partial charge >= 0.3 is 0 Å². The second-order valence-electron chi connectivity index (χ2n) is 7.15. The van der Waals surface area contributed by atoms with Crippen molar-refractivity contribution in [3.63, 3.8) is 0 Å². The summed E-state index contributed by atoms with van der Waals surface area (Å²) < 4.78 is 6.22. The van der Waals surface area contributed by atoms with Crippen LogP contribution in [0.25, 0.3) is 0 Å². The predicted molar refractivity (Wildman–Crippen MR) is 86.8 cm³/mol. The molecule has 5 nitrogen and oxygen atoms in total. The van der Waals surface area contributed by atoms with Gasteiger partial charge in [-0.3, -0.25) is 14.7 Å². The second kappa shape index (κ2) is 6.21. The quantitative estimate of drug-likeness (QED) is 0.854. The van der Waals surface area contributed by atoms with Gasteiger partial charge in [0.1, 0.15) is 0 Å². The minimum absolute atomic E-state index is 0.0550. The SMILES string of the molecule is O=C1CCCN1[C@H]1CCO[C@@]2(CCN(Cc3ccccn3)C2)C1. The smallest absolute Gasteiger partial charge is 0.222 e. The third-order valence-electron chi connectivity index (χ3n) is 5.52. The van der Waals surface area contributed by atoms with E-state index < -0.39 is 0 Å². The van der Waals surface area contributed by atoms with Crippen molar-refractivity contribution < 1.29 is 9.53 Å². The Balaban J connectivity index is 1.40. The molecule has 3 saturated heterocycles. The van der Waals surface area contributed by atoms with Crippen LogP contribution in [0.1, 0.15) is 37.8 Å². The molecule has 3 fully saturated rings. The van der Waals surface area contributed by atoms with E-state index in [4.69, 9.17) is 4.74 Å². The summed E-state index contributed by atoms with van der Waals surface area (Å²) in [5, 5.41) is 0. The van der Waals surface area contributed by atoms with E-state index >= 15 is 0 Å². The van der Waals surface area contributed by atoms with Crippen LogP contribution in [-0.4, -0.2) is 58.6 Å². The number of hydrogen-bond acceptors (Lipinski definition) is 4. The molecule has 3 aliphatic heterocycles. The molecule has 1 spiro atoms. The van der Waals surface area contributed by atoms with E-state index in [9.17, 15) is 4.79 Å². The van der Waals surface area contributed by atoms with Crippen molar-refractivity contribution in [2.45, 2.75) is 50.3 Å². The number of carbonyl (C=O) groups is 1. The Labute approximate surface area is 137 Å². The van der Waals surface area contributed by atoms with E-state index in [-0.39, 0.29) is 5.60 Å². The first-order valence-corrected chi connectivity index (χ1v) is 8.80. The molecule has 0 unspecified atom stereocenters. The molecule has 5 heteroatoms. The van der Waals surface area contributed by atoms with Crippen LogP contribution < -0.4 is 0 Å². The summed E-state index contributed by atoms with van der Waals surface area (Å²) in [5.74, 6) is 0.343. The summed E-state index contributed by atoms with van der Waals surface area (Å²) in [4.78, 5) is 21.0.